The fourth-order valence-electron chi connectivity index (χ4n) is 1.75. The van der Waals surface area contributed by atoms with Crippen LogP contribution in [0.15, 0.2) is 22.7 Å². The molecule has 0 amide bonds. The Morgan fingerprint density at radius 3 is 2.80 bits per heavy atom. The van der Waals surface area contributed by atoms with Crippen molar-refractivity contribution in [3.05, 3.63) is 39.2 Å². The Morgan fingerprint density at radius 2 is 2.10 bits per heavy atom. The molecular formula is C14H14BrClFN3. The van der Waals surface area contributed by atoms with Crippen molar-refractivity contribution in [3.8, 4) is 11.3 Å². The molecule has 0 unspecified atom stereocenters. The molecule has 0 bridgehead atoms. The summed E-state index contributed by atoms with van der Waals surface area (Å²) in [6.45, 7) is 4.67. The lowest BCUT2D eigenvalue weighted by molar-refractivity contribution is 0.630. The van der Waals surface area contributed by atoms with Gasteiger partial charge in [0, 0.05) is 22.3 Å². The van der Waals surface area contributed by atoms with Crippen molar-refractivity contribution in [1.82, 2.24) is 9.97 Å². The molecule has 0 radical (unpaired) electrons. The molecule has 0 fully saturated rings. The van der Waals surface area contributed by atoms with Crippen LogP contribution >= 0.6 is 27.5 Å². The molecule has 0 aliphatic heterocycles. The van der Waals surface area contributed by atoms with Crippen molar-refractivity contribution in [2.75, 3.05) is 11.9 Å². The average Bonchev–Trinajstić information content (AvgIpc) is 2.42. The average molecular weight is 359 g/mol. The minimum absolute atomic E-state index is 0.0573. The second-order valence-corrected chi connectivity index (χ2v) is 5.60. The van der Waals surface area contributed by atoms with E-state index in [2.05, 4.69) is 38.1 Å². The fraction of sp³-hybridized carbons (Fsp3) is 0.286. The molecule has 0 saturated carbocycles. The molecule has 0 atom stereocenters. The maximum Gasteiger partial charge on any atom is 0.223 e. The third-order valence-corrected chi connectivity index (χ3v) is 3.96. The maximum atomic E-state index is 14.2. The number of nitrogens with zero attached hydrogens (tertiary/aromatic N) is 2. The van der Waals surface area contributed by atoms with E-state index in [-0.39, 0.29) is 5.02 Å². The minimum atomic E-state index is -0.486. The van der Waals surface area contributed by atoms with Gasteiger partial charge in [-0.25, -0.2) is 14.4 Å². The topological polar surface area (TPSA) is 37.8 Å². The molecule has 6 heteroatoms. The van der Waals surface area contributed by atoms with Crippen LogP contribution in [0.2, 0.25) is 5.02 Å². The predicted molar refractivity (Wildman–Crippen MR) is 83.7 cm³/mol. The summed E-state index contributed by atoms with van der Waals surface area (Å²) in [5.74, 6) is 0.0147. The summed E-state index contributed by atoms with van der Waals surface area (Å²) in [7, 11) is 0. The molecule has 106 valence electrons. The Bertz CT molecular complexity index is 634. The van der Waals surface area contributed by atoms with E-state index >= 15 is 0 Å². The molecule has 1 N–H and O–H groups in total. The largest absolute Gasteiger partial charge is 0.354 e. The van der Waals surface area contributed by atoms with Crippen LogP contribution in [0.5, 0.6) is 0 Å². The van der Waals surface area contributed by atoms with E-state index in [1.165, 1.54) is 0 Å². The molecule has 0 spiro atoms. The van der Waals surface area contributed by atoms with Crippen LogP contribution in [0.4, 0.5) is 10.3 Å². The van der Waals surface area contributed by atoms with Crippen LogP contribution in [0, 0.1) is 12.7 Å². The fourth-order valence-corrected chi connectivity index (χ4v) is 2.22. The van der Waals surface area contributed by atoms with Crippen LogP contribution in [0.25, 0.3) is 11.3 Å². The second kappa shape index (κ2) is 6.50. The molecule has 0 aliphatic carbocycles. The Hall–Kier alpha value is -1.20. The quantitative estimate of drug-likeness (QED) is 0.796. The number of hydrogen-bond donors (Lipinski definition) is 1. The highest BCUT2D eigenvalue weighted by molar-refractivity contribution is 9.10. The van der Waals surface area contributed by atoms with E-state index in [9.17, 15) is 4.39 Å². The summed E-state index contributed by atoms with van der Waals surface area (Å²) in [5, 5.41) is 3.16. The van der Waals surface area contributed by atoms with Gasteiger partial charge in [-0.2, -0.15) is 0 Å². The summed E-state index contributed by atoms with van der Waals surface area (Å²) in [6.07, 6.45) is 0.963. The molecule has 1 aromatic heterocycles. The van der Waals surface area contributed by atoms with Gasteiger partial charge in [-0.15, -0.1) is 0 Å². The summed E-state index contributed by atoms with van der Waals surface area (Å²) < 4.78 is 14.7. The van der Waals surface area contributed by atoms with Crippen molar-refractivity contribution in [2.45, 2.75) is 20.3 Å². The minimum Gasteiger partial charge on any atom is -0.354 e. The van der Waals surface area contributed by atoms with Gasteiger partial charge in [0.15, 0.2) is 5.82 Å². The Balaban J connectivity index is 2.47. The first-order chi connectivity index (χ1) is 9.52. The maximum absolute atomic E-state index is 14.2. The van der Waals surface area contributed by atoms with Crippen LogP contribution < -0.4 is 5.32 Å². The first kappa shape index (κ1) is 15.2. The summed E-state index contributed by atoms with van der Waals surface area (Å²) in [6, 6.07) is 5.09. The molecule has 20 heavy (non-hydrogen) atoms. The number of halogens is 3. The smallest absolute Gasteiger partial charge is 0.223 e. The summed E-state index contributed by atoms with van der Waals surface area (Å²) in [5.41, 5.74) is 1.65. The number of hydrogen-bond acceptors (Lipinski definition) is 3. The highest BCUT2D eigenvalue weighted by atomic mass is 79.9. The third-order valence-electron chi connectivity index (χ3n) is 2.70. The summed E-state index contributed by atoms with van der Waals surface area (Å²) in [4.78, 5) is 8.62. The van der Waals surface area contributed by atoms with E-state index in [1.54, 1.807) is 18.2 Å². The second-order valence-electron chi connectivity index (χ2n) is 4.37. The Morgan fingerprint density at radius 1 is 1.35 bits per heavy atom. The van der Waals surface area contributed by atoms with Crippen LogP contribution in [-0.4, -0.2) is 16.5 Å². The Kier molecular flexibility index (Phi) is 4.94. The standard InChI is InChI=1S/C14H14BrClFN3/c1-3-6-18-14-19-8(2)7-11(20-14)9-4-5-10(15)12(16)13(9)17/h4-5,7H,3,6H2,1-2H3,(H,18,19,20). The SMILES string of the molecule is CCCNc1nc(C)cc(-c2ccc(Br)c(Cl)c2F)n1. The first-order valence-corrected chi connectivity index (χ1v) is 7.43. The lowest BCUT2D eigenvalue weighted by atomic mass is 10.1. The van der Waals surface area contributed by atoms with Crippen molar-refractivity contribution in [1.29, 1.82) is 0 Å². The van der Waals surface area contributed by atoms with Gasteiger partial charge in [0.05, 0.1) is 10.7 Å². The van der Waals surface area contributed by atoms with Gasteiger partial charge >= 0.3 is 0 Å². The van der Waals surface area contributed by atoms with Gasteiger partial charge in [0.25, 0.3) is 0 Å². The number of benzene rings is 1. The molecule has 2 rings (SSSR count). The van der Waals surface area contributed by atoms with Gasteiger partial charge in [-0.1, -0.05) is 18.5 Å². The molecule has 1 aromatic carbocycles. The van der Waals surface area contributed by atoms with E-state index in [0.29, 0.717) is 21.7 Å². The van der Waals surface area contributed by atoms with Gasteiger partial charge in [0.2, 0.25) is 5.95 Å². The molecule has 0 aliphatic rings. The highest BCUT2D eigenvalue weighted by Gasteiger charge is 2.14. The van der Waals surface area contributed by atoms with Gasteiger partial charge < -0.3 is 5.32 Å². The van der Waals surface area contributed by atoms with E-state index in [4.69, 9.17) is 11.6 Å². The molecule has 2 aromatic rings. The van der Waals surface area contributed by atoms with Gasteiger partial charge in [-0.3, -0.25) is 0 Å². The van der Waals surface area contributed by atoms with Crippen molar-refractivity contribution in [3.63, 3.8) is 0 Å². The number of nitrogens with one attached hydrogen (secondary N) is 1. The number of aryl methyl sites for hydroxylation is 1. The van der Waals surface area contributed by atoms with Gasteiger partial charge in [-0.05, 0) is 47.5 Å². The zero-order valence-electron chi connectivity index (χ0n) is 11.2. The normalized spacial score (nSPS) is 10.7. The molecule has 1 heterocycles. The predicted octanol–water partition coefficient (Wildman–Crippen LogP) is 4.83. The number of anilines is 1. The zero-order chi connectivity index (χ0) is 14.7. The lowest BCUT2D eigenvalue weighted by Gasteiger charge is -2.09. The number of aromatic nitrogens is 2. The van der Waals surface area contributed by atoms with Gasteiger partial charge in [0.1, 0.15) is 0 Å². The lowest BCUT2D eigenvalue weighted by Crippen LogP contribution is -2.06. The zero-order valence-corrected chi connectivity index (χ0v) is 13.5. The Labute approximate surface area is 130 Å². The van der Waals surface area contributed by atoms with Crippen LogP contribution in [0.1, 0.15) is 19.0 Å². The molecule has 0 saturated heterocycles. The van der Waals surface area contributed by atoms with E-state index < -0.39 is 5.82 Å². The molecule has 3 nitrogen and oxygen atoms in total. The van der Waals surface area contributed by atoms with Crippen LogP contribution in [0.3, 0.4) is 0 Å². The highest BCUT2D eigenvalue weighted by Crippen LogP contribution is 2.32. The molecular weight excluding hydrogens is 345 g/mol. The first-order valence-electron chi connectivity index (χ1n) is 6.26. The summed E-state index contributed by atoms with van der Waals surface area (Å²) >= 11 is 9.11. The van der Waals surface area contributed by atoms with Crippen molar-refractivity contribution < 1.29 is 4.39 Å². The van der Waals surface area contributed by atoms with Crippen molar-refractivity contribution >= 4 is 33.5 Å². The van der Waals surface area contributed by atoms with E-state index in [0.717, 1.165) is 18.7 Å². The van der Waals surface area contributed by atoms with Crippen molar-refractivity contribution in [2.24, 2.45) is 0 Å². The third kappa shape index (κ3) is 3.27. The van der Waals surface area contributed by atoms with Crippen LogP contribution in [-0.2, 0) is 0 Å². The monoisotopic (exact) mass is 357 g/mol. The van der Waals surface area contributed by atoms with E-state index in [1.807, 2.05) is 6.92 Å². The number of rotatable bonds is 4.